The van der Waals surface area contributed by atoms with Crippen LogP contribution in [-0.4, -0.2) is 78.6 Å². The number of carboxylic acids is 1. The number of amides is 2. The molecule has 0 spiro atoms. The third-order valence-corrected chi connectivity index (χ3v) is 4.28. The number of aliphatic carboxylic acids is 1. The van der Waals surface area contributed by atoms with Crippen LogP contribution in [0.2, 0.25) is 0 Å². The number of hydrogen-bond acceptors (Lipinski definition) is 3. The lowest BCUT2D eigenvalue weighted by molar-refractivity contribution is -0.137. The molecular weight excluding hydrogens is 270 g/mol. The predicted octanol–water partition coefficient (Wildman–Crippen LogP) is 1.18. The molecule has 1 aliphatic heterocycles. The fourth-order valence-electron chi connectivity index (χ4n) is 3.01. The van der Waals surface area contributed by atoms with E-state index in [4.69, 9.17) is 5.11 Å². The molecule has 0 aromatic carbocycles. The molecule has 0 radical (unpaired) electrons. The monoisotopic (exact) mass is 297 g/mol. The molecule has 6 heteroatoms. The summed E-state index contributed by atoms with van der Waals surface area (Å²) >= 11 is 0. The third kappa shape index (κ3) is 5.19. The maximum absolute atomic E-state index is 12.5. The summed E-state index contributed by atoms with van der Waals surface area (Å²) in [6, 6.07) is -0.0902. The minimum Gasteiger partial charge on any atom is -0.480 e. The van der Waals surface area contributed by atoms with Crippen LogP contribution in [0.4, 0.5) is 4.79 Å². The van der Waals surface area contributed by atoms with Crippen molar-refractivity contribution in [2.75, 3.05) is 46.8 Å². The quantitative estimate of drug-likeness (QED) is 0.799. The first-order valence-corrected chi connectivity index (χ1v) is 7.86. The number of nitrogens with zero attached hydrogens (tertiary/aromatic N) is 3. The number of urea groups is 1. The van der Waals surface area contributed by atoms with Crippen molar-refractivity contribution in [1.82, 2.24) is 14.7 Å². The highest BCUT2D eigenvalue weighted by molar-refractivity contribution is 5.80. The maximum Gasteiger partial charge on any atom is 0.323 e. The molecule has 2 aliphatic rings. The van der Waals surface area contributed by atoms with E-state index in [0.717, 1.165) is 45.3 Å². The molecule has 2 amide bonds. The zero-order valence-electron chi connectivity index (χ0n) is 13.1. The Labute approximate surface area is 126 Å². The van der Waals surface area contributed by atoms with Crippen molar-refractivity contribution in [3.8, 4) is 0 Å². The van der Waals surface area contributed by atoms with Gasteiger partial charge in [0.05, 0.1) is 0 Å². The number of carboxylic acid groups (broad SMARTS) is 1. The van der Waals surface area contributed by atoms with Gasteiger partial charge in [-0.05, 0) is 51.6 Å². The summed E-state index contributed by atoms with van der Waals surface area (Å²) in [5.41, 5.74) is 0. The number of hydrogen-bond donors (Lipinski definition) is 1. The van der Waals surface area contributed by atoms with Crippen LogP contribution in [0, 0.1) is 11.8 Å². The normalized spacial score (nSPS) is 19.9. The van der Waals surface area contributed by atoms with E-state index in [-0.39, 0.29) is 12.6 Å². The summed E-state index contributed by atoms with van der Waals surface area (Å²) in [5.74, 6) is 0.228. The molecule has 120 valence electrons. The smallest absolute Gasteiger partial charge is 0.323 e. The SMILES string of the molecule is CN(C)CC1CCN(C(=O)N(CC(=O)O)CC2CC2)CC1. The first-order valence-electron chi connectivity index (χ1n) is 7.86. The molecule has 0 aromatic heterocycles. The molecular formula is C15H27N3O3. The van der Waals surface area contributed by atoms with Gasteiger partial charge in [-0.25, -0.2) is 4.79 Å². The van der Waals surface area contributed by atoms with E-state index >= 15 is 0 Å². The van der Waals surface area contributed by atoms with Gasteiger partial charge >= 0.3 is 12.0 Å². The Bertz CT molecular complexity index is 374. The van der Waals surface area contributed by atoms with Crippen molar-refractivity contribution in [3.05, 3.63) is 0 Å². The molecule has 6 nitrogen and oxygen atoms in total. The number of piperidine rings is 1. The molecule has 0 aromatic rings. The maximum atomic E-state index is 12.5. The summed E-state index contributed by atoms with van der Waals surface area (Å²) in [6.07, 6.45) is 4.26. The molecule has 1 saturated heterocycles. The fraction of sp³-hybridized carbons (Fsp3) is 0.867. The molecule has 21 heavy (non-hydrogen) atoms. The first-order chi connectivity index (χ1) is 9.95. The van der Waals surface area contributed by atoms with E-state index < -0.39 is 5.97 Å². The molecule has 1 aliphatic carbocycles. The number of rotatable bonds is 6. The van der Waals surface area contributed by atoms with E-state index in [2.05, 4.69) is 19.0 Å². The average molecular weight is 297 g/mol. The lowest BCUT2D eigenvalue weighted by atomic mass is 9.96. The van der Waals surface area contributed by atoms with Crippen molar-refractivity contribution in [2.24, 2.45) is 11.8 Å². The summed E-state index contributed by atoms with van der Waals surface area (Å²) in [4.78, 5) is 29.0. The van der Waals surface area contributed by atoms with Gasteiger partial charge in [-0.15, -0.1) is 0 Å². The van der Waals surface area contributed by atoms with Crippen LogP contribution in [0.5, 0.6) is 0 Å². The Morgan fingerprint density at radius 2 is 1.62 bits per heavy atom. The van der Waals surface area contributed by atoms with Crippen molar-refractivity contribution >= 4 is 12.0 Å². The Kier molecular flexibility index (Phi) is 5.45. The van der Waals surface area contributed by atoms with E-state index in [0.29, 0.717) is 18.4 Å². The second-order valence-electron chi connectivity index (χ2n) is 6.69. The highest BCUT2D eigenvalue weighted by Crippen LogP contribution is 2.30. The highest BCUT2D eigenvalue weighted by Gasteiger charge is 2.31. The van der Waals surface area contributed by atoms with Crippen molar-refractivity contribution in [3.63, 3.8) is 0 Å². The van der Waals surface area contributed by atoms with Gasteiger partial charge in [0, 0.05) is 26.2 Å². The van der Waals surface area contributed by atoms with Crippen LogP contribution < -0.4 is 0 Å². The van der Waals surface area contributed by atoms with E-state index in [1.165, 1.54) is 4.90 Å². The zero-order chi connectivity index (χ0) is 15.4. The van der Waals surface area contributed by atoms with Crippen LogP contribution >= 0.6 is 0 Å². The lowest BCUT2D eigenvalue weighted by Crippen LogP contribution is -2.49. The summed E-state index contributed by atoms with van der Waals surface area (Å²) < 4.78 is 0. The number of carbonyl (C=O) groups is 2. The van der Waals surface area contributed by atoms with Crippen LogP contribution in [0.1, 0.15) is 25.7 Å². The first kappa shape index (κ1) is 16.1. The van der Waals surface area contributed by atoms with Gasteiger partial charge in [0.15, 0.2) is 0 Å². The molecule has 2 fully saturated rings. The Morgan fingerprint density at radius 1 is 1.05 bits per heavy atom. The van der Waals surface area contributed by atoms with Gasteiger partial charge in [-0.2, -0.15) is 0 Å². The van der Waals surface area contributed by atoms with E-state index in [1.54, 1.807) is 0 Å². The van der Waals surface area contributed by atoms with Gasteiger partial charge in [0.2, 0.25) is 0 Å². The molecule has 2 rings (SSSR count). The molecule has 1 saturated carbocycles. The third-order valence-electron chi connectivity index (χ3n) is 4.28. The fourth-order valence-corrected chi connectivity index (χ4v) is 3.01. The van der Waals surface area contributed by atoms with Gasteiger partial charge in [-0.1, -0.05) is 0 Å². The standard InChI is InChI=1S/C15H27N3O3/c1-16(2)9-13-5-7-17(8-6-13)15(21)18(11-14(19)20)10-12-3-4-12/h12-13H,3-11H2,1-2H3,(H,19,20). The molecule has 0 bridgehead atoms. The molecule has 0 atom stereocenters. The zero-order valence-corrected chi connectivity index (χ0v) is 13.1. The lowest BCUT2D eigenvalue weighted by Gasteiger charge is -2.36. The topological polar surface area (TPSA) is 64.1 Å². The van der Waals surface area contributed by atoms with Gasteiger partial charge in [-0.3, -0.25) is 4.79 Å². The summed E-state index contributed by atoms with van der Waals surface area (Å²) in [5, 5.41) is 8.99. The average Bonchev–Trinajstić information content (AvgIpc) is 3.21. The van der Waals surface area contributed by atoms with Crippen molar-refractivity contribution in [2.45, 2.75) is 25.7 Å². The summed E-state index contributed by atoms with van der Waals surface area (Å²) in [6.45, 7) is 2.98. The second-order valence-corrected chi connectivity index (χ2v) is 6.69. The molecule has 1 heterocycles. The van der Waals surface area contributed by atoms with Crippen LogP contribution in [0.25, 0.3) is 0 Å². The number of carbonyl (C=O) groups excluding carboxylic acids is 1. The number of likely N-dealkylation sites (tertiary alicyclic amines) is 1. The Balaban J connectivity index is 1.84. The highest BCUT2D eigenvalue weighted by atomic mass is 16.4. The minimum absolute atomic E-state index is 0.0902. The van der Waals surface area contributed by atoms with Crippen molar-refractivity contribution < 1.29 is 14.7 Å². The largest absolute Gasteiger partial charge is 0.480 e. The van der Waals surface area contributed by atoms with Gasteiger partial charge < -0.3 is 19.8 Å². The van der Waals surface area contributed by atoms with Gasteiger partial charge in [0.1, 0.15) is 6.54 Å². The Morgan fingerprint density at radius 3 is 2.10 bits per heavy atom. The van der Waals surface area contributed by atoms with Gasteiger partial charge in [0.25, 0.3) is 0 Å². The second kappa shape index (κ2) is 7.11. The Hall–Kier alpha value is -1.30. The molecule has 0 unspecified atom stereocenters. The van der Waals surface area contributed by atoms with Crippen LogP contribution in [-0.2, 0) is 4.79 Å². The predicted molar refractivity (Wildman–Crippen MR) is 80.2 cm³/mol. The molecule has 1 N–H and O–H groups in total. The summed E-state index contributed by atoms with van der Waals surface area (Å²) in [7, 11) is 4.14. The minimum atomic E-state index is -0.925. The van der Waals surface area contributed by atoms with Crippen molar-refractivity contribution in [1.29, 1.82) is 0 Å². The van der Waals surface area contributed by atoms with Crippen LogP contribution in [0.3, 0.4) is 0 Å². The van der Waals surface area contributed by atoms with E-state index in [9.17, 15) is 9.59 Å². The van der Waals surface area contributed by atoms with E-state index in [1.807, 2.05) is 4.90 Å². The van der Waals surface area contributed by atoms with Crippen LogP contribution in [0.15, 0.2) is 0 Å².